The van der Waals surface area contributed by atoms with E-state index in [0.29, 0.717) is 27.8 Å². The van der Waals surface area contributed by atoms with Gasteiger partial charge in [-0.25, -0.2) is 8.78 Å². The Morgan fingerprint density at radius 2 is 1.73 bits per heavy atom. The van der Waals surface area contributed by atoms with Crippen LogP contribution >= 0.6 is 0 Å². The van der Waals surface area contributed by atoms with Crippen LogP contribution in [0.4, 0.5) is 8.78 Å². The van der Waals surface area contributed by atoms with E-state index in [1.165, 1.54) is 41.1 Å². The van der Waals surface area contributed by atoms with Crippen LogP contribution in [0.3, 0.4) is 0 Å². The molecule has 4 nitrogen and oxygen atoms in total. The van der Waals surface area contributed by atoms with E-state index in [9.17, 15) is 13.6 Å². The monoisotopic (exact) mass is 297 g/mol. The van der Waals surface area contributed by atoms with Crippen molar-refractivity contribution in [2.45, 2.75) is 0 Å². The number of pyridine rings is 1. The minimum absolute atomic E-state index is 0.344. The molecule has 0 unspecified atom stereocenters. The Kier molecular flexibility index (Phi) is 2.59. The molecule has 4 rings (SSSR count). The van der Waals surface area contributed by atoms with E-state index in [4.69, 9.17) is 0 Å². The zero-order chi connectivity index (χ0) is 15.3. The number of nitrogens with one attached hydrogen (secondary N) is 1. The molecular weight excluding hydrogens is 288 g/mol. The first-order valence-corrected chi connectivity index (χ1v) is 6.59. The van der Waals surface area contributed by atoms with Crippen molar-refractivity contribution in [3.63, 3.8) is 0 Å². The van der Waals surface area contributed by atoms with Crippen molar-refractivity contribution in [3.05, 3.63) is 70.6 Å². The number of aromatic nitrogens is 3. The summed E-state index contributed by atoms with van der Waals surface area (Å²) in [6.45, 7) is 0. The van der Waals surface area contributed by atoms with Crippen molar-refractivity contribution in [3.8, 4) is 16.9 Å². The molecule has 0 bridgehead atoms. The fourth-order valence-corrected chi connectivity index (χ4v) is 2.49. The summed E-state index contributed by atoms with van der Waals surface area (Å²) in [5, 5.41) is 4.80. The molecule has 2 aromatic carbocycles. The second-order valence-corrected chi connectivity index (χ2v) is 4.93. The predicted octanol–water partition coefficient (Wildman–Crippen LogP) is 3.10. The normalized spacial score (nSPS) is 11.4. The lowest BCUT2D eigenvalue weighted by Crippen LogP contribution is -2.14. The maximum absolute atomic E-state index is 13.5. The largest absolute Gasteiger partial charge is 0.360 e. The highest BCUT2D eigenvalue weighted by atomic mass is 19.1. The van der Waals surface area contributed by atoms with Gasteiger partial charge in [-0.1, -0.05) is 0 Å². The summed E-state index contributed by atoms with van der Waals surface area (Å²) in [5.41, 5.74) is 1.54. The van der Waals surface area contributed by atoms with Crippen LogP contribution in [0.25, 0.3) is 27.8 Å². The Morgan fingerprint density at radius 3 is 2.50 bits per heavy atom. The van der Waals surface area contributed by atoms with Gasteiger partial charge in [-0.3, -0.25) is 4.79 Å². The Labute approximate surface area is 123 Å². The van der Waals surface area contributed by atoms with Gasteiger partial charge in [-0.05, 0) is 42.5 Å². The van der Waals surface area contributed by atoms with Crippen molar-refractivity contribution in [1.29, 1.82) is 0 Å². The molecule has 2 heterocycles. The first-order chi connectivity index (χ1) is 10.6. The molecule has 0 saturated carbocycles. The third-order valence-corrected chi connectivity index (χ3v) is 3.56. The molecule has 0 aromatic heterocycles. The smallest absolute Gasteiger partial charge is 0.282 e. The predicted molar refractivity (Wildman–Crippen MR) is 78.2 cm³/mol. The molecule has 0 radical (unpaired) electrons. The lowest BCUT2D eigenvalue weighted by atomic mass is 10.1. The van der Waals surface area contributed by atoms with E-state index in [-0.39, 0.29) is 5.56 Å². The summed E-state index contributed by atoms with van der Waals surface area (Å²) >= 11 is 0. The Hall–Kier alpha value is -3.02. The lowest BCUT2D eigenvalue weighted by Gasteiger charge is -2.02. The molecule has 0 atom stereocenters. The van der Waals surface area contributed by atoms with Crippen molar-refractivity contribution in [2.24, 2.45) is 0 Å². The fourth-order valence-electron chi connectivity index (χ4n) is 2.49. The quantitative estimate of drug-likeness (QED) is 0.587. The fraction of sp³-hybridized carbons (Fsp3) is 0. The van der Waals surface area contributed by atoms with Crippen molar-refractivity contribution >= 4 is 10.9 Å². The average molecular weight is 297 g/mol. The number of hydrogen-bond donors (Lipinski definition) is 1. The highest BCUT2D eigenvalue weighted by molar-refractivity contribution is 5.93. The van der Waals surface area contributed by atoms with E-state index < -0.39 is 11.6 Å². The molecule has 1 N–H and O–H groups in total. The molecule has 108 valence electrons. The molecule has 0 aliphatic carbocycles. The van der Waals surface area contributed by atoms with E-state index in [1.807, 2.05) is 0 Å². The topological polar surface area (TPSA) is 50.7 Å². The van der Waals surface area contributed by atoms with Crippen molar-refractivity contribution in [1.82, 2.24) is 14.8 Å². The second-order valence-electron chi connectivity index (χ2n) is 4.93. The van der Waals surface area contributed by atoms with Gasteiger partial charge in [0.1, 0.15) is 17.3 Å². The summed E-state index contributed by atoms with van der Waals surface area (Å²) in [6, 6.07) is 9.70. The molecule has 0 fully saturated rings. The SMILES string of the molecule is O=c1c2c[nH]c3ccc(F)cc3c-2nn1-c1ccc(F)cc1. The first-order valence-electron chi connectivity index (χ1n) is 6.59. The van der Waals surface area contributed by atoms with Crippen molar-refractivity contribution < 1.29 is 8.78 Å². The third-order valence-electron chi connectivity index (χ3n) is 3.56. The number of aromatic amines is 1. The van der Waals surface area contributed by atoms with Crippen LogP contribution < -0.4 is 5.56 Å². The van der Waals surface area contributed by atoms with E-state index in [1.54, 1.807) is 12.3 Å². The maximum atomic E-state index is 13.5. The molecule has 0 spiro atoms. The highest BCUT2D eigenvalue weighted by Crippen LogP contribution is 2.26. The van der Waals surface area contributed by atoms with Crippen LogP contribution in [-0.2, 0) is 0 Å². The van der Waals surface area contributed by atoms with Gasteiger partial charge in [-0.15, -0.1) is 0 Å². The van der Waals surface area contributed by atoms with Crippen LogP contribution in [0.1, 0.15) is 0 Å². The molecule has 22 heavy (non-hydrogen) atoms. The van der Waals surface area contributed by atoms with E-state index in [2.05, 4.69) is 10.1 Å². The number of halogens is 2. The molecule has 2 aliphatic rings. The van der Waals surface area contributed by atoms with Gasteiger partial charge in [0, 0.05) is 17.1 Å². The Morgan fingerprint density at radius 1 is 1.00 bits per heavy atom. The molecule has 0 saturated heterocycles. The summed E-state index contributed by atoms with van der Waals surface area (Å²) in [4.78, 5) is 15.4. The van der Waals surface area contributed by atoms with Gasteiger partial charge < -0.3 is 4.98 Å². The van der Waals surface area contributed by atoms with Crippen LogP contribution in [0.15, 0.2) is 53.5 Å². The summed E-state index contributed by atoms with van der Waals surface area (Å²) in [5.74, 6) is -0.800. The Balaban J connectivity index is 2.05. The number of benzene rings is 2. The minimum Gasteiger partial charge on any atom is -0.360 e. The molecular formula is C16H9F2N3O. The number of H-pyrrole nitrogens is 1. The van der Waals surface area contributed by atoms with Gasteiger partial charge in [0.25, 0.3) is 5.56 Å². The molecule has 0 amide bonds. The minimum atomic E-state index is -0.405. The van der Waals surface area contributed by atoms with Crippen LogP contribution in [0.2, 0.25) is 0 Å². The highest BCUT2D eigenvalue weighted by Gasteiger charge is 2.19. The zero-order valence-electron chi connectivity index (χ0n) is 11.2. The van der Waals surface area contributed by atoms with Gasteiger partial charge in [0.15, 0.2) is 0 Å². The third kappa shape index (κ3) is 1.81. The van der Waals surface area contributed by atoms with Crippen LogP contribution in [0.5, 0.6) is 0 Å². The van der Waals surface area contributed by atoms with E-state index >= 15 is 0 Å². The molecule has 2 aromatic rings. The maximum Gasteiger partial charge on any atom is 0.282 e. The summed E-state index contributed by atoms with van der Waals surface area (Å²) in [6.07, 6.45) is 1.55. The molecule has 2 aliphatic heterocycles. The lowest BCUT2D eigenvalue weighted by molar-refractivity contribution is 0.626. The van der Waals surface area contributed by atoms with Gasteiger partial charge in [0.2, 0.25) is 0 Å². The van der Waals surface area contributed by atoms with Gasteiger partial charge in [0.05, 0.1) is 11.3 Å². The van der Waals surface area contributed by atoms with Gasteiger partial charge in [-0.2, -0.15) is 9.78 Å². The second kappa shape index (κ2) is 4.49. The number of rotatable bonds is 1. The van der Waals surface area contributed by atoms with Crippen molar-refractivity contribution in [2.75, 3.05) is 0 Å². The molecule has 6 heteroatoms. The summed E-state index contributed by atoms with van der Waals surface area (Å²) < 4.78 is 27.7. The van der Waals surface area contributed by atoms with Crippen LogP contribution in [-0.4, -0.2) is 14.8 Å². The summed E-state index contributed by atoms with van der Waals surface area (Å²) in [7, 11) is 0. The van der Waals surface area contributed by atoms with Gasteiger partial charge >= 0.3 is 0 Å². The van der Waals surface area contributed by atoms with Crippen LogP contribution in [0, 0.1) is 11.6 Å². The number of nitrogens with zero attached hydrogens (tertiary/aromatic N) is 2. The zero-order valence-corrected chi connectivity index (χ0v) is 11.2. The average Bonchev–Trinajstić information content (AvgIpc) is 2.86. The Bertz CT molecular complexity index is 1020. The standard InChI is InChI=1S/C16H9F2N3O/c17-9-1-4-11(5-2-9)21-16(22)13-8-19-14-6-3-10(18)7-12(14)15(13)20-21/h1-8,19H. The van der Waals surface area contributed by atoms with E-state index in [0.717, 1.165) is 0 Å². The first kappa shape index (κ1) is 12.7. The number of fused-ring (bicyclic) bond motifs is 3. The number of hydrogen-bond acceptors (Lipinski definition) is 2.